The van der Waals surface area contributed by atoms with Crippen molar-refractivity contribution in [1.82, 2.24) is 25.2 Å². The zero-order valence-electron chi connectivity index (χ0n) is 20.1. The zero-order valence-corrected chi connectivity index (χ0v) is 20.9. The second-order valence-corrected chi connectivity index (χ2v) is 11.6. The molecule has 8 nitrogen and oxygen atoms in total. The van der Waals surface area contributed by atoms with Crippen LogP contribution in [-0.2, 0) is 17.8 Å². The molecule has 3 aliphatic carbocycles. The van der Waals surface area contributed by atoms with Gasteiger partial charge in [-0.15, -0.1) is 11.3 Å². The molecular formula is C24H27F3N6O2S. The average Bonchev–Trinajstić information content (AvgIpc) is 3.14. The van der Waals surface area contributed by atoms with E-state index >= 15 is 0 Å². The fourth-order valence-electron chi connectivity index (χ4n) is 6.25. The Kier molecular flexibility index (Phi) is 5.18. The van der Waals surface area contributed by atoms with E-state index in [1.807, 2.05) is 24.8 Å². The fourth-order valence-corrected chi connectivity index (χ4v) is 7.07. The smallest absolute Gasteiger partial charge is 0.364 e. The molecule has 2 bridgehead atoms. The van der Waals surface area contributed by atoms with Crippen molar-refractivity contribution in [3.63, 3.8) is 0 Å². The van der Waals surface area contributed by atoms with Crippen LogP contribution in [0.5, 0.6) is 0 Å². The summed E-state index contributed by atoms with van der Waals surface area (Å²) in [6, 6.07) is 1.89. The number of pyridine rings is 1. The van der Waals surface area contributed by atoms with Crippen molar-refractivity contribution in [2.45, 2.75) is 57.8 Å². The molecule has 0 unspecified atom stereocenters. The summed E-state index contributed by atoms with van der Waals surface area (Å²) in [6.07, 6.45) is -3.95. The second-order valence-electron chi connectivity index (χ2n) is 10.4. The molecule has 1 amide bonds. The number of rotatable bonds is 5. The highest BCUT2D eigenvalue weighted by Gasteiger charge is 2.78. The van der Waals surface area contributed by atoms with E-state index in [1.165, 1.54) is 11.3 Å². The van der Waals surface area contributed by atoms with E-state index in [2.05, 4.69) is 15.6 Å². The number of carbonyl (C=O) groups excluding carboxylic acids is 1. The Bertz CT molecular complexity index is 1440. The van der Waals surface area contributed by atoms with E-state index in [4.69, 9.17) is 4.98 Å². The summed E-state index contributed by atoms with van der Waals surface area (Å²) in [7, 11) is 0. The molecule has 0 aromatic carbocycles. The van der Waals surface area contributed by atoms with Crippen LogP contribution in [0.25, 0.3) is 21.5 Å². The third-order valence-electron chi connectivity index (χ3n) is 7.86. The third-order valence-corrected chi connectivity index (χ3v) is 8.79. The van der Waals surface area contributed by atoms with Crippen LogP contribution in [0.4, 0.5) is 18.9 Å². The van der Waals surface area contributed by atoms with Crippen molar-refractivity contribution in [1.29, 1.82) is 0 Å². The second kappa shape index (κ2) is 7.88. The Morgan fingerprint density at radius 1 is 1.22 bits per heavy atom. The number of carbonyl (C=O) groups is 1. The molecule has 192 valence electrons. The third kappa shape index (κ3) is 3.44. The first kappa shape index (κ1) is 23.7. The van der Waals surface area contributed by atoms with Gasteiger partial charge in [0.05, 0.1) is 5.41 Å². The van der Waals surface area contributed by atoms with Gasteiger partial charge < -0.3 is 20.1 Å². The SMILES string of the molecule is CCc1c(N2CCNCC2)c(=O)c2nc3cc(C)sc3nc2n1CC(=O)NC12CC(C(F)(F)F)(C1)C2. The molecule has 1 aliphatic heterocycles. The van der Waals surface area contributed by atoms with Gasteiger partial charge in [0.15, 0.2) is 11.2 Å². The van der Waals surface area contributed by atoms with E-state index in [9.17, 15) is 22.8 Å². The number of alkyl halides is 3. The molecule has 36 heavy (non-hydrogen) atoms. The van der Waals surface area contributed by atoms with Crippen LogP contribution in [0.3, 0.4) is 0 Å². The van der Waals surface area contributed by atoms with Crippen LogP contribution in [0, 0.1) is 12.3 Å². The molecule has 4 heterocycles. The number of hydrogen-bond acceptors (Lipinski definition) is 7. The number of anilines is 1. The predicted molar refractivity (Wildman–Crippen MR) is 132 cm³/mol. The number of piperazine rings is 1. The summed E-state index contributed by atoms with van der Waals surface area (Å²) in [5, 5.41) is 6.16. The number of nitrogens with zero attached hydrogens (tertiary/aromatic N) is 4. The Hall–Kier alpha value is -2.73. The van der Waals surface area contributed by atoms with Crippen molar-refractivity contribution in [2.75, 3.05) is 31.1 Å². The highest BCUT2D eigenvalue weighted by atomic mass is 32.1. The predicted octanol–water partition coefficient (Wildman–Crippen LogP) is 2.89. The quantitative estimate of drug-likeness (QED) is 0.538. The minimum absolute atomic E-state index is 0.0677. The first-order valence-electron chi connectivity index (χ1n) is 12.2. The summed E-state index contributed by atoms with van der Waals surface area (Å²) in [4.78, 5) is 40.1. The lowest BCUT2D eigenvalue weighted by molar-refractivity contribution is -0.337. The van der Waals surface area contributed by atoms with Crippen molar-refractivity contribution in [3.8, 4) is 0 Å². The van der Waals surface area contributed by atoms with Crippen LogP contribution in [-0.4, -0.2) is 58.3 Å². The normalized spacial score (nSPS) is 25.6. The molecule has 1 saturated heterocycles. The lowest BCUT2D eigenvalue weighted by Gasteiger charge is -2.70. The maximum atomic E-state index is 13.7. The van der Waals surface area contributed by atoms with Crippen LogP contribution in [0.2, 0.25) is 0 Å². The van der Waals surface area contributed by atoms with Crippen LogP contribution in [0.15, 0.2) is 10.9 Å². The van der Waals surface area contributed by atoms with Crippen molar-refractivity contribution >= 4 is 44.4 Å². The number of amides is 1. The lowest BCUT2D eigenvalue weighted by Crippen LogP contribution is -2.78. The highest BCUT2D eigenvalue weighted by molar-refractivity contribution is 7.18. The van der Waals surface area contributed by atoms with Gasteiger partial charge in [-0.3, -0.25) is 9.59 Å². The number of halogens is 3. The molecule has 3 aromatic heterocycles. The van der Waals surface area contributed by atoms with E-state index in [1.54, 1.807) is 4.57 Å². The number of hydrogen-bond donors (Lipinski definition) is 2. The molecule has 0 atom stereocenters. The molecule has 3 saturated carbocycles. The Morgan fingerprint density at radius 3 is 2.56 bits per heavy atom. The summed E-state index contributed by atoms with van der Waals surface area (Å²) in [5.41, 5.74) is -0.214. The van der Waals surface area contributed by atoms with Gasteiger partial charge in [0.2, 0.25) is 11.3 Å². The van der Waals surface area contributed by atoms with Crippen molar-refractivity contribution < 1.29 is 18.0 Å². The Morgan fingerprint density at radius 2 is 1.92 bits per heavy atom. The summed E-state index contributed by atoms with van der Waals surface area (Å²) in [6.45, 7) is 6.50. The van der Waals surface area contributed by atoms with E-state index < -0.39 is 17.1 Å². The summed E-state index contributed by atoms with van der Waals surface area (Å²) >= 11 is 1.46. The molecule has 7 rings (SSSR count). The summed E-state index contributed by atoms with van der Waals surface area (Å²) in [5.74, 6) is -0.374. The van der Waals surface area contributed by atoms with Crippen molar-refractivity contribution in [3.05, 3.63) is 26.9 Å². The molecule has 0 spiro atoms. The lowest BCUT2D eigenvalue weighted by atomic mass is 9.39. The van der Waals surface area contributed by atoms with Crippen LogP contribution in [0.1, 0.15) is 36.8 Å². The maximum absolute atomic E-state index is 13.7. The average molecular weight is 521 g/mol. The van der Waals surface area contributed by atoms with E-state index in [0.717, 1.165) is 18.0 Å². The van der Waals surface area contributed by atoms with Crippen molar-refractivity contribution in [2.24, 2.45) is 5.41 Å². The highest BCUT2D eigenvalue weighted by Crippen LogP contribution is 2.73. The molecule has 4 fully saturated rings. The van der Waals surface area contributed by atoms with Gasteiger partial charge in [-0.2, -0.15) is 13.2 Å². The van der Waals surface area contributed by atoms with Gasteiger partial charge in [0, 0.05) is 42.3 Å². The molecule has 3 aromatic rings. The number of aryl methyl sites for hydroxylation is 1. The van der Waals surface area contributed by atoms with Gasteiger partial charge in [-0.1, -0.05) is 6.92 Å². The fraction of sp³-hybridized carbons (Fsp3) is 0.583. The first-order chi connectivity index (χ1) is 17.0. The van der Waals surface area contributed by atoms with E-state index in [-0.39, 0.29) is 42.7 Å². The Labute approximate surface area is 208 Å². The Balaban J connectivity index is 1.41. The minimum Gasteiger partial charge on any atom is -0.364 e. The minimum atomic E-state index is -4.23. The zero-order chi connectivity index (χ0) is 25.5. The summed E-state index contributed by atoms with van der Waals surface area (Å²) < 4.78 is 41.6. The number of thiophene rings is 1. The first-order valence-corrected chi connectivity index (χ1v) is 13.0. The molecule has 4 aliphatic rings. The maximum Gasteiger partial charge on any atom is 0.394 e. The molecule has 0 radical (unpaired) electrons. The van der Waals surface area contributed by atoms with E-state index in [0.29, 0.717) is 46.9 Å². The van der Waals surface area contributed by atoms with Gasteiger partial charge in [-0.25, -0.2) is 9.97 Å². The number of fused-ring (bicyclic) bond motifs is 2. The van der Waals surface area contributed by atoms with Gasteiger partial charge in [0.25, 0.3) is 0 Å². The molecule has 12 heteroatoms. The topological polar surface area (TPSA) is 92.2 Å². The van der Waals surface area contributed by atoms with Gasteiger partial charge in [0.1, 0.15) is 22.6 Å². The molecular weight excluding hydrogens is 493 g/mol. The number of nitrogens with one attached hydrogen (secondary N) is 2. The molecule has 2 N–H and O–H groups in total. The van der Waals surface area contributed by atoms with Crippen LogP contribution >= 0.6 is 11.3 Å². The monoisotopic (exact) mass is 520 g/mol. The van der Waals surface area contributed by atoms with Gasteiger partial charge >= 0.3 is 6.18 Å². The largest absolute Gasteiger partial charge is 0.394 e. The standard InChI is InChI=1S/C24H27F3N6O2S/c1-3-15-18(32-6-4-28-5-7-32)19(35)17-20(30-21-14(29-17)8-13(2)36-21)33(15)9-16(34)31-23-10-22(11-23,12-23)24(25,26)27/h8,28H,3-7,9-12H2,1-2H3,(H,31,34). The van der Waals surface area contributed by atoms with Gasteiger partial charge in [-0.05, 0) is 38.7 Å². The van der Waals surface area contributed by atoms with Crippen LogP contribution < -0.4 is 21.0 Å². The number of aromatic nitrogens is 3.